The number of nitrogens with zero attached hydrogens (tertiary/aromatic N) is 4. The highest BCUT2D eigenvalue weighted by molar-refractivity contribution is 7.89. The van der Waals surface area contributed by atoms with E-state index in [2.05, 4.69) is 5.10 Å². The Morgan fingerprint density at radius 3 is 2.56 bits per heavy atom. The van der Waals surface area contributed by atoms with Crippen molar-refractivity contribution in [1.82, 2.24) is 18.8 Å². The van der Waals surface area contributed by atoms with Gasteiger partial charge in [0.15, 0.2) is 0 Å². The zero-order valence-corrected chi connectivity index (χ0v) is 19.8. The molecule has 8 nitrogen and oxygen atoms in total. The number of fused-ring (bicyclic) bond motifs is 1. The molecule has 3 aromatic rings. The molecular weight excluding hydrogens is 459 g/mol. The number of pyridine rings is 1. The first-order chi connectivity index (χ1) is 16.3. The maximum Gasteiger partial charge on any atom is 0.257 e. The maximum atomic E-state index is 13.7. The number of piperidine rings is 1. The number of morpholine rings is 1. The largest absolute Gasteiger partial charge is 0.378 e. The number of hydrogen-bond acceptors (Lipinski definition) is 5. The van der Waals surface area contributed by atoms with Gasteiger partial charge in [0, 0.05) is 32.4 Å². The second kappa shape index (κ2) is 9.09. The van der Waals surface area contributed by atoms with Crippen molar-refractivity contribution in [2.45, 2.75) is 30.6 Å². The minimum Gasteiger partial charge on any atom is -0.378 e. The number of benzene rings is 1. The van der Waals surface area contributed by atoms with Gasteiger partial charge in [-0.3, -0.25) is 4.79 Å². The quantitative estimate of drug-likeness (QED) is 0.566. The first-order valence-electron chi connectivity index (χ1n) is 11.5. The number of sulfonamides is 1. The predicted octanol–water partition coefficient (Wildman–Crippen LogP) is 2.82. The number of amides is 1. The Morgan fingerprint density at radius 2 is 1.82 bits per heavy atom. The summed E-state index contributed by atoms with van der Waals surface area (Å²) in [6, 6.07) is 7.83. The molecule has 2 aromatic heterocycles. The Labute approximate surface area is 198 Å². The molecule has 2 fully saturated rings. The molecule has 34 heavy (non-hydrogen) atoms. The number of hydrogen-bond donors (Lipinski definition) is 0. The van der Waals surface area contributed by atoms with Gasteiger partial charge in [-0.1, -0.05) is 6.07 Å². The van der Waals surface area contributed by atoms with Crippen LogP contribution in [0.3, 0.4) is 0 Å². The highest BCUT2D eigenvalue weighted by atomic mass is 32.2. The van der Waals surface area contributed by atoms with Crippen LogP contribution in [-0.4, -0.2) is 72.5 Å². The standard InChI is InChI=1S/C24H27FN4O4S/c1-17-2-3-20(25)15-23(17)34(31,32)28-7-4-18(5-8-28)19-6-9-29-22(14-19)21(16-26-29)24(30)27-10-12-33-13-11-27/h2-3,6,9,14-16,18H,4-5,7-8,10-13H2,1H3. The molecule has 1 amide bonds. The van der Waals surface area contributed by atoms with E-state index in [1.807, 2.05) is 18.3 Å². The fraction of sp³-hybridized carbons (Fsp3) is 0.417. The Kier molecular flexibility index (Phi) is 6.13. The minimum atomic E-state index is -3.76. The summed E-state index contributed by atoms with van der Waals surface area (Å²) in [6.07, 6.45) is 4.74. The number of ether oxygens (including phenoxy) is 1. The van der Waals surface area contributed by atoms with E-state index in [9.17, 15) is 17.6 Å². The van der Waals surface area contributed by atoms with E-state index in [-0.39, 0.29) is 16.7 Å². The average molecular weight is 487 g/mol. The lowest BCUT2D eigenvalue weighted by Crippen LogP contribution is -2.40. The third-order valence-corrected chi connectivity index (χ3v) is 8.81. The van der Waals surface area contributed by atoms with E-state index in [0.29, 0.717) is 63.4 Å². The van der Waals surface area contributed by atoms with Crippen molar-refractivity contribution in [1.29, 1.82) is 0 Å². The molecule has 0 bridgehead atoms. The smallest absolute Gasteiger partial charge is 0.257 e. The fourth-order valence-corrected chi connectivity index (χ4v) is 6.48. The Hall–Kier alpha value is -2.82. The zero-order valence-electron chi connectivity index (χ0n) is 19.0. The maximum absolute atomic E-state index is 13.7. The Bertz CT molecular complexity index is 1330. The van der Waals surface area contributed by atoms with E-state index in [0.717, 1.165) is 17.1 Å². The summed E-state index contributed by atoms with van der Waals surface area (Å²) in [4.78, 5) is 14.8. The van der Waals surface area contributed by atoms with Gasteiger partial charge < -0.3 is 9.64 Å². The van der Waals surface area contributed by atoms with E-state index in [4.69, 9.17) is 4.74 Å². The molecule has 0 aliphatic carbocycles. The highest BCUT2D eigenvalue weighted by Gasteiger charge is 2.31. The summed E-state index contributed by atoms with van der Waals surface area (Å²) in [5.41, 5.74) is 2.90. The first kappa shape index (κ1) is 22.9. The van der Waals surface area contributed by atoms with Crippen LogP contribution in [0.1, 0.15) is 40.2 Å². The molecule has 0 spiro atoms. The fourth-order valence-electron chi connectivity index (χ4n) is 4.77. The minimum absolute atomic E-state index is 0.0258. The van der Waals surface area contributed by atoms with Gasteiger partial charge in [-0.25, -0.2) is 17.3 Å². The number of carbonyl (C=O) groups is 1. The molecule has 0 unspecified atom stereocenters. The third-order valence-electron chi connectivity index (χ3n) is 6.77. The monoisotopic (exact) mass is 486 g/mol. The van der Waals surface area contributed by atoms with Crippen LogP contribution >= 0.6 is 0 Å². The Balaban J connectivity index is 1.34. The number of rotatable bonds is 4. The van der Waals surface area contributed by atoms with Crippen LogP contribution in [0.4, 0.5) is 4.39 Å². The summed E-state index contributed by atoms with van der Waals surface area (Å²) in [7, 11) is -3.76. The van der Waals surface area contributed by atoms with Crippen LogP contribution in [0.2, 0.25) is 0 Å². The number of aromatic nitrogens is 2. The van der Waals surface area contributed by atoms with Gasteiger partial charge in [-0.15, -0.1) is 0 Å². The molecular formula is C24H27FN4O4S. The summed E-state index contributed by atoms with van der Waals surface area (Å²) in [5.74, 6) is -0.455. The summed E-state index contributed by atoms with van der Waals surface area (Å²) >= 11 is 0. The second-order valence-electron chi connectivity index (χ2n) is 8.84. The van der Waals surface area contributed by atoms with Crippen LogP contribution in [0, 0.1) is 12.7 Å². The topological polar surface area (TPSA) is 84.2 Å². The summed E-state index contributed by atoms with van der Waals surface area (Å²) in [5, 5.41) is 4.33. The lowest BCUT2D eigenvalue weighted by atomic mass is 9.90. The number of carbonyl (C=O) groups excluding carboxylic acids is 1. The van der Waals surface area contributed by atoms with Crippen molar-refractivity contribution in [3.05, 3.63) is 65.2 Å². The van der Waals surface area contributed by atoms with Crippen molar-refractivity contribution >= 4 is 21.4 Å². The van der Waals surface area contributed by atoms with Gasteiger partial charge in [0.2, 0.25) is 10.0 Å². The van der Waals surface area contributed by atoms with E-state index in [1.54, 1.807) is 22.5 Å². The molecule has 2 saturated heterocycles. The highest BCUT2D eigenvalue weighted by Crippen LogP contribution is 2.32. The van der Waals surface area contributed by atoms with E-state index < -0.39 is 15.8 Å². The van der Waals surface area contributed by atoms with Crippen molar-refractivity contribution in [3.63, 3.8) is 0 Å². The van der Waals surface area contributed by atoms with Gasteiger partial charge in [0.25, 0.3) is 5.91 Å². The number of aryl methyl sites for hydroxylation is 1. The molecule has 0 atom stereocenters. The molecule has 2 aliphatic rings. The predicted molar refractivity (Wildman–Crippen MR) is 124 cm³/mol. The van der Waals surface area contributed by atoms with Crippen LogP contribution in [0.15, 0.2) is 47.6 Å². The van der Waals surface area contributed by atoms with Crippen molar-refractivity contribution < 1.29 is 22.3 Å². The molecule has 10 heteroatoms. The average Bonchev–Trinajstić information content (AvgIpc) is 3.29. The van der Waals surface area contributed by atoms with Gasteiger partial charge in [0.05, 0.1) is 35.4 Å². The first-order valence-corrected chi connectivity index (χ1v) is 12.9. The molecule has 180 valence electrons. The van der Waals surface area contributed by atoms with Crippen molar-refractivity contribution in [2.75, 3.05) is 39.4 Å². The molecule has 0 N–H and O–H groups in total. The van der Waals surface area contributed by atoms with Crippen LogP contribution in [0.25, 0.3) is 5.52 Å². The third kappa shape index (κ3) is 4.21. The molecule has 0 saturated carbocycles. The van der Waals surface area contributed by atoms with Gasteiger partial charge in [-0.05, 0) is 61.1 Å². The summed E-state index contributed by atoms with van der Waals surface area (Å²) < 4.78 is 48.4. The summed E-state index contributed by atoms with van der Waals surface area (Å²) in [6.45, 7) is 4.58. The molecule has 5 rings (SSSR count). The lowest BCUT2D eigenvalue weighted by Gasteiger charge is -2.32. The van der Waals surface area contributed by atoms with Crippen molar-refractivity contribution in [3.8, 4) is 0 Å². The van der Waals surface area contributed by atoms with Crippen LogP contribution in [-0.2, 0) is 14.8 Å². The SMILES string of the molecule is Cc1ccc(F)cc1S(=O)(=O)N1CCC(c2ccn3ncc(C(=O)N4CCOCC4)c3c2)CC1. The lowest BCUT2D eigenvalue weighted by molar-refractivity contribution is 0.0304. The normalized spacial score (nSPS) is 18.5. The number of halogens is 1. The van der Waals surface area contributed by atoms with Gasteiger partial charge >= 0.3 is 0 Å². The van der Waals surface area contributed by atoms with Crippen molar-refractivity contribution in [2.24, 2.45) is 0 Å². The van der Waals surface area contributed by atoms with E-state index >= 15 is 0 Å². The van der Waals surface area contributed by atoms with Gasteiger partial charge in [-0.2, -0.15) is 9.40 Å². The van der Waals surface area contributed by atoms with Crippen LogP contribution in [0.5, 0.6) is 0 Å². The molecule has 1 aromatic carbocycles. The Morgan fingerprint density at radius 1 is 1.09 bits per heavy atom. The second-order valence-corrected chi connectivity index (χ2v) is 10.7. The van der Waals surface area contributed by atoms with Crippen LogP contribution < -0.4 is 0 Å². The zero-order chi connectivity index (χ0) is 23.9. The molecule has 2 aliphatic heterocycles. The van der Waals surface area contributed by atoms with Gasteiger partial charge in [0.1, 0.15) is 5.82 Å². The van der Waals surface area contributed by atoms with E-state index in [1.165, 1.54) is 16.4 Å². The molecule has 0 radical (unpaired) electrons. The molecule has 4 heterocycles.